The normalized spacial score (nSPS) is 13.5. The van der Waals surface area contributed by atoms with E-state index in [2.05, 4.69) is 5.32 Å². The number of carbonyl (C=O) groups excluding carboxylic acids is 2. The molecule has 5 heteroatoms. The molecule has 5 nitrogen and oxygen atoms in total. The average molecular weight is 281 g/mol. The number of nitrogens with two attached hydrogens (primary N) is 1. The molecule has 2 aromatic rings. The molecule has 1 heterocycles. The van der Waals surface area contributed by atoms with Crippen LogP contribution in [-0.4, -0.2) is 18.4 Å². The molecule has 1 aliphatic rings. The predicted octanol–water partition coefficient (Wildman–Crippen LogP) is 1.74. The maximum atomic E-state index is 12.2. The number of hydrogen-bond acceptors (Lipinski definition) is 3. The molecule has 0 bridgehead atoms. The Hall–Kier alpha value is -2.82. The average Bonchev–Trinajstić information content (AvgIpc) is 2.50. The number of rotatable bonds is 3. The third kappa shape index (κ3) is 2.45. The van der Waals surface area contributed by atoms with E-state index in [1.54, 1.807) is 17.0 Å². The van der Waals surface area contributed by atoms with E-state index >= 15 is 0 Å². The lowest BCUT2D eigenvalue weighted by molar-refractivity contribution is -0.117. The molecule has 0 unspecified atom stereocenters. The van der Waals surface area contributed by atoms with Crippen molar-refractivity contribution in [3.05, 3.63) is 59.7 Å². The summed E-state index contributed by atoms with van der Waals surface area (Å²) in [7, 11) is 0. The Balaban J connectivity index is 1.99. The van der Waals surface area contributed by atoms with Gasteiger partial charge in [-0.25, -0.2) is 0 Å². The van der Waals surface area contributed by atoms with Gasteiger partial charge in [0.1, 0.15) is 0 Å². The van der Waals surface area contributed by atoms with Gasteiger partial charge in [-0.3, -0.25) is 9.59 Å². The monoisotopic (exact) mass is 281 g/mol. The molecule has 0 fully saturated rings. The van der Waals surface area contributed by atoms with E-state index in [1.807, 2.05) is 36.4 Å². The predicted molar refractivity (Wildman–Crippen MR) is 81.1 cm³/mol. The van der Waals surface area contributed by atoms with Crippen molar-refractivity contribution in [1.29, 1.82) is 0 Å². The summed E-state index contributed by atoms with van der Waals surface area (Å²) in [5, 5.41) is 3.08. The lowest BCUT2D eigenvalue weighted by atomic mass is 10.1. The van der Waals surface area contributed by atoms with Gasteiger partial charge >= 0.3 is 0 Å². The Kier molecular flexibility index (Phi) is 3.31. The molecule has 0 saturated heterocycles. The van der Waals surface area contributed by atoms with Crippen LogP contribution in [0.5, 0.6) is 0 Å². The van der Waals surface area contributed by atoms with Gasteiger partial charge < -0.3 is 16.0 Å². The first-order chi connectivity index (χ1) is 10.2. The van der Waals surface area contributed by atoms with Crippen molar-refractivity contribution in [2.45, 2.75) is 6.54 Å². The number of nitrogens with zero attached hydrogens (tertiary/aromatic N) is 1. The summed E-state index contributed by atoms with van der Waals surface area (Å²) in [6.45, 7) is 0.576. The fraction of sp³-hybridized carbons (Fsp3) is 0.125. The van der Waals surface area contributed by atoms with E-state index in [9.17, 15) is 9.59 Å². The molecule has 0 atom stereocenters. The van der Waals surface area contributed by atoms with Crippen LogP contribution < -0.4 is 16.0 Å². The fourth-order valence-electron chi connectivity index (χ4n) is 2.50. The zero-order valence-corrected chi connectivity index (χ0v) is 11.4. The number of fused-ring (bicyclic) bond motifs is 1. The molecule has 0 aromatic heterocycles. The van der Waals surface area contributed by atoms with Crippen LogP contribution in [0.15, 0.2) is 48.5 Å². The fourth-order valence-corrected chi connectivity index (χ4v) is 2.50. The van der Waals surface area contributed by atoms with Crippen LogP contribution in [0.3, 0.4) is 0 Å². The Morgan fingerprint density at radius 1 is 1.14 bits per heavy atom. The van der Waals surface area contributed by atoms with Crippen LogP contribution in [-0.2, 0) is 11.3 Å². The SMILES string of the molecule is NC(=O)c1ccccc1CN1C(=O)CNc2ccccc21. The molecular weight excluding hydrogens is 266 g/mol. The van der Waals surface area contributed by atoms with Crippen molar-refractivity contribution in [1.82, 2.24) is 0 Å². The van der Waals surface area contributed by atoms with Gasteiger partial charge in [-0.05, 0) is 23.8 Å². The number of amides is 2. The summed E-state index contributed by atoms with van der Waals surface area (Å²) >= 11 is 0. The molecule has 1 aliphatic heterocycles. The molecular formula is C16H15N3O2. The Morgan fingerprint density at radius 2 is 1.86 bits per heavy atom. The number of para-hydroxylation sites is 2. The van der Waals surface area contributed by atoms with Gasteiger partial charge in [0.2, 0.25) is 11.8 Å². The zero-order chi connectivity index (χ0) is 14.8. The van der Waals surface area contributed by atoms with Crippen molar-refractivity contribution in [2.75, 3.05) is 16.8 Å². The minimum Gasteiger partial charge on any atom is -0.374 e. The third-order valence-corrected chi connectivity index (χ3v) is 3.54. The van der Waals surface area contributed by atoms with Gasteiger partial charge in [-0.15, -0.1) is 0 Å². The first-order valence-electron chi connectivity index (χ1n) is 6.68. The lowest BCUT2D eigenvalue weighted by Crippen LogP contribution is -2.39. The van der Waals surface area contributed by atoms with Crippen molar-refractivity contribution in [2.24, 2.45) is 5.73 Å². The van der Waals surface area contributed by atoms with Gasteiger partial charge in [0.05, 0.1) is 24.5 Å². The van der Waals surface area contributed by atoms with E-state index in [1.165, 1.54) is 0 Å². The molecule has 2 amide bonds. The number of nitrogens with one attached hydrogen (secondary N) is 1. The Bertz CT molecular complexity index is 712. The summed E-state index contributed by atoms with van der Waals surface area (Å²) < 4.78 is 0. The molecule has 3 N–H and O–H groups in total. The number of hydrogen-bond donors (Lipinski definition) is 2. The van der Waals surface area contributed by atoms with Crippen LogP contribution in [0.25, 0.3) is 0 Å². The molecule has 0 radical (unpaired) electrons. The maximum Gasteiger partial charge on any atom is 0.249 e. The third-order valence-electron chi connectivity index (χ3n) is 3.54. The van der Waals surface area contributed by atoms with Gasteiger partial charge in [0.15, 0.2) is 0 Å². The molecule has 3 rings (SSSR count). The second kappa shape index (κ2) is 5.28. The van der Waals surface area contributed by atoms with E-state index in [4.69, 9.17) is 5.73 Å². The van der Waals surface area contributed by atoms with Gasteiger partial charge in [-0.2, -0.15) is 0 Å². The lowest BCUT2D eigenvalue weighted by Gasteiger charge is -2.30. The van der Waals surface area contributed by atoms with Crippen molar-refractivity contribution >= 4 is 23.2 Å². The van der Waals surface area contributed by atoms with Crippen LogP contribution in [0, 0.1) is 0 Å². The molecule has 21 heavy (non-hydrogen) atoms. The van der Waals surface area contributed by atoms with Crippen LogP contribution >= 0.6 is 0 Å². The maximum absolute atomic E-state index is 12.2. The standard InChI is InChI=1S/C16H15N3O2/c17-16(21)12-6-2-1-5-11(12)10-19-14-8-4-3-7-13(14)18-9-15(19)20/h1-8,18H,9-10H2,(H2,17,21). The molecule has 0 aliphatic carbocycles. The van der Waals surface area contributed by atoms with E-state index in [-0.39, 0.29) is 12.5 Å². The second-order valence-electron chi connectivity index (χ2n) is 4.87. The van der Waals surface area contributed by atoms with Crippen molar-refractivity contribution in [3.8, 4) is 0 Å². The minimum atomic E-state index is -0.485. The van der Waals surface area contributed by atoms with Gasteiger partial charge in [-0.1, -0.05) is 30.3 Å². The topological polar surface area (TPSA) is 75.4 Å². The first-order valence-corrected chi connectivity index (χ1v) is 6.68. The Labute approximate surface area is 122 Å². The van der Waals surface area contributed by atoms with Gasteiger partial charge in [0, 0.05) is 5.56 Å². The molecule has 0 spiro atoms. The summed E-state index contributed by atoms with van der Waals surface area (Å²) in [5.74, 6) is -0.519. The number of carbonyl (C=O) groups is 2. The quantitative estimate of drug-likeness (QED) is 0.900. The van der Waals surface area contributed by atoms with E-state index in [0.29, 0.717) is 12.1 Å². The highest BCUT2D eigenvalue weighted by Gasteiger charge is 2.24. The van der Waals surface area contributed by atoms with Gasteiger partial charge in [0.25, 0.3) is 0 Å². The highest BCUT2D eigenvalue weighted by molar-refractivity contribution is 6.03. The van der Waals surface area contributed by atoms with E-state index < -0.39 is 5.91 Å². The molecule has 0 saturated carbocycles. The number of primary amides is 1. The smallest absolute Gasteiger partial charge is 0.249 e. The zero-order valence-electron chi connectivity index (χ0n) is 11.4. The highest BCUT2D eigenvalue weighted by atomic mass is 16.2. The van der Waals surface area contributed by atoms with Crippen molar-refractivity contribution in [3.63, 3.8) is 0 Å². The van der Waals surface area contributed by atoms with Crippen LogP contribution in [0.1, 0.15) is 15.9 Å². The van der Waals surface area contributed by atoms with Crippen molar-refractivity contribution < 1.29 is 9.59 Å². The minimum absolute atomic E-state index is 0.0343. The second-order valence-corrected chi connectivity index (χ2v) is 4.87. The summed E-state index contributed by atoms with van der Waals surface area (Å²) in [5.41, 5.74) is 8.31. The van der Waals surface area contributed by atoms with E-state index in [0.717, 1.165) is 16.9 Å². The number of anilines is 2. The molecule has 106 valence electrons. The first kappa shape index (κ1) is 13.2. The summed E-state index contributed by atoms with van der Waals surface area (Å²) in [6, 6.07) is 14.7. The van der Waals surface area contributed by atoms with Crippen LogP contribution in [0.2, 0.25) is 0 Å². The largest absolute Gasteiger partial charge is 0.374 e. The Morgan fingerprint density at radius 3 is 2.67 bits per heavy atom. The summed E-state index contributed by atoms with van der Waals surface area (Å²) in [6.07, 6.45) is 0. The highest BCUT2D eigenvalue weighted by Crippen LogP contribution is 2.30. The number of benzene rings is 2. The molecule has 2 aromatic carbocycles. The summed E-state index contributed by atoms with van der Waals surface area (Å²) in [4.78, 5) is 25.4. The van der Waals surface area contributed by atoms with Crippen LogP contribution in [0.4, 0.5) is 11.4 Å².